The van der Waals surface area contributed by atoms with Crippen LogP contribution in [0.5, 0.6) is 0 Å². The Labute approximate surface area is 126 Å². The Morgan fingerprint density at radius 1 is 1.20 bits per heavy atom. The van der Waals surface area contributed by atoms with Gasteiger partial charge in [-0.3, -0.25) is 0 Å². The maximum atomic E-state index is 9.77. The Kier molecular flexibility index (Phi) is 7.49. The second-order valence-electron chi connectivity index (χ2n) is 7.49. The number of rotatable bonds is 9. The molecule has 1 aliphatic carbocycles. The van der Waals surface area contributed by atoms with Crippen LogP contribution < -0.4 is 5.32 Å². The van der Waals surface area contributed by atoms with Gasteiger partial charge in [0.25, 0.3) is 0 Å². The van der Waals surface area contributed by atoms with Crippen molar-refractivity contribution >= 4 is 0 Å². The molecular formula is C17H36N2O. The molecule has 0 amide bonds. The van der Waals surface area contributed by atoms with Crippen molar-refractivity contribution in [3.05, 3.63) is 0 Å². The monoisotopic (exact) mass is 284 g/mol. The van der Waals surface area contributed by atoms with Gasteiger partial charge in [-0.15, -0.1) is 0 Å². The lowest BCUT2D eigenvalue weighted by Crippen LogP contribution is -2.50. The van der Waals surface area contributed by atoms with Gasteiger partial charge in [-0.1, -0.05) is 34.1 Å². The van der Waals surface area contributed by atoms with Gasteiger partial charge in [0.05, 0.1) is 6.61 Å². The van der Waals surface area contributed by atoms with E-state index in [2.05, 4.69) is 37.9 Å². The summed E-state index contributed by atoms with van der Waals surface area (Å²) < 4.78 is 0. The van der Waals surface area contributed by atoms with Crippen molar-refractivity contribution in [2.75, 3.05) is 33.3 Å². The molecule has 0 aromatic rings. The van der Waals surface area contributed by atoms with Crippen molar-refractivity contribution in [3.8, 4) is 0 Å². The average Bonchev–Trinajstić information content (AvgIpc) is 2.78. The number of aliphatic hydroxyl groups excluding tert-OH is 1. The van der Waals surface area contributed by atoms with Gasteiger partial charge in [0.15, 0.2) is 0 Å². The number of nitrogens with zero attached hydrogens (tertiary/aromatic N) is 1. The summed E-state index contributed by atoms with van der Waals surface area (Å²) >= 11 is 0. The molecule has 1 saturated carbocycles. The number of likely N-dealkylation sites (N-methyl/N-ethyl adjacent to an activating group) is 1. The van der Waals surface area contributed by atoms with E-state index in [4.69, 9.17) is 0 Å². The highest BCUT2D eigenvalue weighted by atomic mass is 16.3. The quantitative estimate of drug-likeness (QED) is 0.683. The number of nitrogens with one attached hydrogen (secondary N) is 1. The van der Waals surface area contributed by atoms with Gasteiger partial charge in [-0.2, -0.15) is 0 Å². The minimum absolute atomic E-state index is 0.0126. The largest absolute Gasteiger partial charge is 0.394 e. The van der Waals surface area contributed by atoms with Crippen molar-refractivity contribution in [1.29, 1.82) is 0 Å². The molecule has 0 aromatic heterocycles. The summed E-state index contributed by atoms with van der Waals surface area (Å²) in [6.45, 7) is 13.0. The molecule has 2 unspecified atom stereocenters. The molecule has 1 fully saturated rings. The van der Waals surface area contributed by atoms with Crippen LogP contribution in [0.2, 0.25) is 0 Å². The fourth-order valence-corrected chi connectivity index (χ4v) is 3.81. The van der Waals surface area contributed by atoms with Crippen LogP contribution in [0.3, 0.4) is 0 Å². The summed E-state index contributed by atoms with van der Waals surface area (Å²) in [5.41, 5.74) is -0.0126. The highest BCUT2D eigenvalue weighted by molar-refractivity contribution is 4.98. The zero-order valence-corrected chi connectivity index (χ0v) is 14.3. The van der Waals surface area contributed by atoms with E-state index in [0.29, 0.717) is 5.92 Å². The Hall–Kier alpha value is -0.120. The summed E-state index contributed by atoms with van der Waals surface area (Å²) in [4.78, 5) is 2.62. The van der Waals surface area contributed by atoms with Crippen molar-refractivity contribution in [1.82, 2.24) is 10.2 Å². The molecule has 2 atom stereocenters. The SMILES string of the molecule is CNC1(CO)CCCC1CCN(CC(C)C)CC(C)C. The molecule has 0 heterocycles. The molecule has 3 nitrogen and oxygen atoms in total. The second-order valence-corrected chi connectivity index (χ2v) is 7.49. The molecule has 0 spiro atoms. The molecule has 120 valence electrons. The van der Waals surface area contributed by atoms with Crippen LogP contribution in [0.4, 0.5) is 0 Å². The van der Waals surface area contributed by atoms with Gasteiger partial charge < -0.3 is 15.3 Å². The molecule has 0 aliphatic heterocycles. The van der Waals surface area contributed by atoms with Crippen molar-refractivity contribution in [2.45, 2.75) is 58.9 Å². The van der Waals surface area contributed by atoms with Crippen LogP contribution in [-0.4, -0.2) is 48.8 Å². The number of hydrogen-bond acceptors (Lipinski definition) is 3. The first kappa shape index (κ1) is 17.9. The molecule has 1 rings (SSSR count). The van der Waals surface area contributed by atoms with E-state index in [-0.39, 0.29) is 12.1 Å². The van der Waals surface area contributed by atoms with Crippen molar-refractivity contribution < 1.29 is 5.11 Å². The fourth-order valence-electron chi connectivity index (χ4n) is 3.81. The minimum Gasteiger partial charge on any atom is -0.394 e. The first-order valence-corrected chi connectivity index (χ1v) is 8.45. The Balaban J connectivity index is 2.53. The van der Waals surface area contributed by atoms with E-state index in [1.165, 1.54) is 38.9 Å². The fraction of sp³-hybridized carbons (Fsp3) is 1.00. The maximum absolute atomic E-state index is 9.77. The van der Waals surface area contributed by atoms with E-state index >= 15 is 0 Å². The smallest absolute Gasteiger partial charge is 0.0615 e. The Morgan fingerprint density at radius 2 is 1.80 bits per heavy atom. The predicted octanol–water partition coefficient (Wildman–Crippen LogP) is 2.74. The van der Waals surface area contributed by atoms with Crippen LogP contribution in [0.1, 0.15) is 53.4 Å². The first-order valence-electron chi connectivity index (χ1n) is 8.45. The lowest BCUT2D eigenvalue weighted by atomic mass is 9.85. The van der Waals surface area contributed by atoms with Crippen LogP contribution in [-0.2, 0) is 0 Å². The zero-order valence-electron chi connectivity index (χ0n) is 14.3. The molecule has 0 bridgehead atoms. The van der Waals surface area contributed by atoms with Crippen LogP contribution >= 0.6 is 0 Å². The van der Waals surface area contributed by atoms with E-state index in [0.717, 1.165) is 18.3 Å². The van der Waals surface area contributed by atoms with Gasteiger partial charge in [0.2, 0.25) is 0 Å². The highest BCUT2D eigenvalue weighted by Crippen LogP contribution is 2.37. The lowest BCUT2D eigenvalue weighted by Gasteiger charge is -2.35. The maximum Gasteiger partial charge on any atom is 0.0615 e. The molecule has 0 aromatic carbocycles. The van der Waals surface area contributed by atoms with Crippen LogP contribution in [0.25, 0.3) is 0 Å². The summed E-state index contributed by atoms with van der Waals surface area (Å²) in [7, 11) is 2.01. The predicted molar refractivity (Wildman–Crippen MR) is 87.0 cm³/mol. The summed E-state index contributed by atoms with van der Waals surface area (Å²) in [5.74, 6) is 2.08. The standard InChI is InChI=1S/C17H36N2O/c1-14(2)11-19(12-15(3)4)10-8-16-7-6-9-17(16,13-20)18-5/h14-16,18,20H,6-13H2,1-5H3. The number of hydrogen-bond donors (Lipinski definition) is 2. The van der Waals surface area contributed by atoms with E-state index in [1.807, 2.05) is 7.05 Å². The molecule has 0 radical (unpaired) electrons. The van der Waals surface area contributed by atoms with E-state index in [1.54, 1.807) is 0 Å². The normalized spacial score (nSPS) is 27.1. The molecule has 1 aliphatic rings. The number of aliphatic hydroxyl groups is 1. The molecule has 2 N–H and O–H groups in total. The highest BCUT2D eigenvalue weighted by Gasteiger charge is 2.40. The van der Waals surface area contributed by atoms with Gasteiger partial charge in [0.1, 0.15) is 0 Å². The van der Waals surface area contributed by atoms with E-state index in [9.17, 15) is 5.11 Å². The van der Waals surface area contributed by atoms with Gasteiger partial charge in [-0.25, -0.2) is 0 Å². The van der Waals surface area contributed by atoms with Gasteiger partial charge in [0, 0.05) is 18.6 Å². The molecular weight excluding hydrogens is 248 g/mol. The van der Waals surface area contributed by atoms with Crippen molar-refractivity contribution in [2.24, 2.45) is 17.8 Å². The van der Waals surface area contributed by atoms with Crippen LogP contribution in [0.15, 0.2) is 0 Å². The van der Waals surface area contributed by atoms with Gasteiger partial charge in [-0.05, 0) is 50.6 Å². The summed E-state index contributed by atoms with van der Waals surface area (Å²) in [6.07, 6.45) is 4.85. The topological polar surface area (TPSA) is 35.5 Å². The third-order valence-corrected chi connectivity index (χ3v) is 4.78. The summed E-state index contributed by atoms with van der Waals surface area (Å²) in [6, 6.07) is 0. The lowest BCUT2D eigenvalue weighted by molar-refractivity contribution is 0.114. The molecule has 3 heteroatoms. The third kappa shape index (κ3) is 5.01. The minimum atomic E-state index is -0.0126. The summed E-state index contributed by atoms with van der Waals surface area (Å²) in [5, 5.41) is 13.2. The van der Waals surface area contributed by atoms with Crippen LogP contribution in [0, 0.1) is 17.8 Å². The second kappa shape index (κ2) is 8.35. The molecule has 0 saturated heterocycles. The van der Waals surface area contributed by atoms with Crippen molar-refractivity contribution in [3.63, 3.8) is 0 Å². The average molecular weight is 284 g/mol. The first-order chi connectivity index (χ1) is 9.43. The third-order valence-electron chi connectivity index (χ3n) is 4.78. The van der Waals surface area contributed by atoms with E-state index < -0.39 is 0 Å². The Morgan fingerprint density at radius 3 is 2.25 bits per heavy atom. The Bertz CT molecular complexity index is 252. The van der Waals surface area contributed by atoms with Gasteiger partial charge >= 0.3 is 0 Å². The zero-order chi connectivity index (χ0) is 15.2. The molecule has 20 heavy (non-hydrogen) atoms.